The lowest BCUT2D eigenvalue weighted by Gasteiger charge is -2.45. The zero-order chi connectivity index (χ0) is 23.8. The normalized spacial score (nSPS) is 18.4. The van der Waals surface area contributed by atoms with Crippen LogP contribution in [0.3, 0.4) is 0 Å². The molecular formula is C28H28N2O4. The second-order valence-corrected chi connectivity index (χ2v) is 8.70. The van der Waals surface area contributed by atoms with Crippen LogP contribution >= 0.6 is 0 Å². The van der Waals surface area contributed by atoms with Gasteiger partial charge in [-0.05, 0) is 59.4 Å². The van der Waals surface area contributed by atoms with Gasteiger partial charge in [0.15, 0.2) is 11.5 Å². The molecule has 3 aromatic rings. The van der Waals surface area contributed by atoms with Crippen molar-refractivity contribution in [3.8, 4) is 11.5 Å². The van der Waals surface area contributed by atoms with E-state index in [0.717, 1.165) is 24.1 Å². The molecule has 6 heteroatoms. The summed E-state index contributed by atoms with van der Waals surface area (Å²) in [5, 5.41) is 3.10. The van der Waals surface area contributed by atoms with Gasteiger partial charge in [0.05, 0.1) is 26.2 Å². The summed E-state index contributed by atoms with van der Waals surface area (Å²) in [6, 6.07) is 19.1. The molecule has 1 N–H and O–H groups in total. The number of fused-ring (bicyclic) bond motifs is 4. The average Bonchev–Trinajstić information content (AvgIpc) is 2.88. The fourth-order valence-electron chi connectivity index (χ4n) is 5.18. The number of ether oxygens (including phenoxy) is 2. The first kappa shape index (κ1) is 22.0. The molecule has 0 aromatic heterocycles. The zero-order valence-corrected chi connectivity index (χ0v) is 19.6. The van der Waals surface area contributed by atoms with E-state index in [1.54, 1.807) is 26.4 Å². The van der Waals surface area contributed by atoms with Gasteiger partial charge in [0.25, 0.3) is 5.91 Å². The second kappa shape index (κ2) is 8.86. The molecular weight excluding hydrogens is 428 g/mol. The largest absolute Gasteiger partial charge is 0.493 e. The van der Waals surface area contributed by atoms with Gasteiger partial charge in [-0.3, -0.25) is 9.59 Å². The number of nitrogens with one attached hydrogen (secondary N) is 1. The molecule has 0 fully saturated rings. The van der Waals surface area contributed by atoms with E-state index in [1.807, 2.05) is 47.4 Å². The van der Waals surface area contributed by atoms with Crippen LogP contribution in [0.4, 0.5) is 5.69 Å². The molecule has 5 rings (SSSR count). The third-order valence-electron chi connectivity index (χ3n) is 6.94. The molecule has 34 heavy (non-hydrogen) atoms. The molecule has 2 aliphatic heterocycles. The number of anilines is 1. The SMILES string of the molecule is CCc1ccc(NC(=O)[C@@H]2c3cc(OC)c(OC)cc3C(=O)N3CCc4ccccc4[C@@H]23)cc1. The summed E-state index contributed by atoms with van der Waals surface area (Å²) in [4.78, 5) is 29.3. The van der Waals surface area contributed by atoms with Crippen molar-refractivity contribution in [3.63, 3.8) is 0 Å². The summed E-state index contributed by atoms with van der Waals surface area (Å²) < 4.78 is 11.0. The van der Waals surface area contributed by atoms with Crippen LogP contribution in [-0.2, 0) is 17.6 Å². The number of aryl methyl sites for hydroxylation is 1. The monoisotopic (exact) mass is 456 g/mol. The maximum atomic E-state index is 13.9. The Morgan fingerprint density at radius 2 is 1.71 bits per heavy atom. The number of hydrogen-bond acceptors (Lipinski definition) is 4. The van der Waals surface area contributed by atoms with Gasteiger partial charge in [0, 0.05) is 17.8 Å². The lowest BCUT2D eigenvalue weighted by molar-refractivity contribution is -0.119. The first-order valence-corrected chi connectivity index (χ1v) is 11.6. The highest BCUT2D eigenvalue weighted by Gasteiger charge is 2.47. The van der Waals surface area contributed by atoms with Crippen LogP contribution in [0.25, 0.3) is 0 Å². The van der Waals surface area contributed by atoms with Crippen molar-refractivity contribution in [2.45, 2.75) is 31.7 Å². The Labute approximate surface area is 199 Å². The van der Waals surface area contributed by atoms with Crippen LogP contribution < -0.4 is 14.8 Å². The lowest BCUT2D eigenvalue weighted by atomic mass is 9.75. The number of carbonyl (C=O) groups excluding carboxylic acids is 2. The maximum absolute atomic E-state index is 13.9. The van der Waals surface area contributed by atoms with Gasteiger partial charge >= 0.3 is 0 Å². The molecule has 0 saturated carbocycles. The predicted molar refractivity (Wildman–Crippen MR) is 131 cm³/mol. The van der Waals surface area contributed by atoms with Crippen molar-refractivity contribution in [3.05, 3.63) is 88.5 Å². The van der Waals surface area contributed by atoms with E-state index < -0.39 is 12.0 Å². The van der Waals surface area contributed by atoms with Crippen LogP contribution in [0.5, 0.6) is 11.5 Å². The Kier molecular flexibility index (Phi) is 5.74. The molecule has 3 aromatic carbocycles. The Bertz CT molecular complexity index is 1250. The maximum Gasteiger partial charge on any atom is 0.254 e. The lowest BCUT2D eigenvalue weighted by Crippen LogP contribution is -2.49. The van der Waals surface area contributed by atoms with Crippen LogP contribution in [0, 0.1) is 0 Å². The van der Waals surface area contributed by atoms with Crippen LogP contribution in [-0.4, -0.2) is 37.5 Å². The van der Waals surface area contributed by atoms with Crippen LogP contribution in [0.1, 0.15) is 51.5 Å². The Morgan fingerprint density at radius 3 is 2.41 bits per heavy atom. The van der Waals surface area contributed by atoms with E-state index in [1.165, 1.54) is 11.1 Å². The van der Waals surface area contributed by atoms with Gasteiger partial charge in [-0.15, -0.1) is 0 Å². The summed E-state index contributed by atoms with van der Waals surface area (Å²) >= 11 is 0. The van der Waals surface area contributed by atoms with Gasteiger partial charge in [-0.2, -0.15) is 0 Å². The number of methoxy groups -OCH3 is 2. The van der Waals surface area contributed by atoms with Gasteiger partial charge in [0.1, 0.15) is 0 Å². The number of hydrogen-bond donors (Lipinski definition) is 1. The number of benzene rings is 3. The standard InChI is InChI=1S/C28H28N2O4/c1-4-17-9-11-19(12-10-17)29-27(31)25-21-15-23(33-2)24(34-3)16-22(21)28(32)30-14-13-18-7-5-6-8-20(18)26(25)30/h5-12,15-16,25-26H,4,13-14H2,1-3H3,(H,29,31)/t25-,26+/m1/s1. The van der Waals surface area contributed by atoms with E-state index in [0.29, 0.717) is 29.2 Å². The van der Waals surface area contributed by atoms with Crippen molar-refractivity contribution in [1.29, 1.82) is 0 Å². The van der Waals surface area contributed by atoms with Crippen molar-refractivity contribution >= 4 is 17.5 Å². The fourth-order valence-corrected chi connectivity index (χ4v) is 5.18. The molecule has 0 unspecified atom stereocenters. The molecule has 174 valence electrons. The predicted octanol–water partition coefficient (Wildman–Crippen LogP) is 4.74. The topological polar surface area (TPSA) is 67.9 Å². The molecule has 6 nitrogen and oxygen atoms in total. The quantitative estimate of drug-likeness (QED) is 0.602. The van der Waals surface area contributed by atoms with E-state index in [4.69, 9.17) is 9.47 Å². The first-order valence-electron chi connectivity index (χ1n) is 11.6. The number of rotatable bonds is 5. The summed E-state index contributed by atoms with van der Waals surface area (Å²) in [7, 11) is 3.10. The Morgan fingerprint density at radius 1 is 1.00 bits per heavy atom. The summed E-state index contributed by atoms with van der Waals surface area (Å²) in [5.74, 6) is 0.125. The smallest absolute Gasteiger partial charge is 0.254 e. The molecule has 2 aliphatic rings. The molecule has 0 saturated heterocycles. The highest BCUT2D eigenvalue weighted by Crippen LogP contribution is 2.48. The van der Waals surface area contributed by atoms with Crippen LogP contribution in [0.2, 0.25) is 0 Å². The van der Waals surface area contributed by atoms with E-state index in [-0.39, 0.29) is 11.8 Å². The van der Waals surface area contributed by atoms with E-state index >= 15 is 0 Å². The molecule has 2 heterocycles. The highest BCUT2D eigenvalue weighted by molar-refractivity contribution is 6.05. The number of carbonyl (C=O) groups is 2. The Hall–Kier alpha value is -3.80. The third kappa shape index (κ3) is 3.59. The zero-order valence-electron chi connectivity index (χ0n) is 19.6. The van der Waals surface area contributed by atoms with Crippen molar-refractivity contribution < 1.29 is 19.1 Å². The molecule has 0 spiro atoms. The van der Waals surface area contributed by atoms with Crippen molar-refractivity contribution in [2.75, 3.05) is 26.1 Å². The van der Waals surface area contributed by atoms with Gasteiger partial charge in [-0.25, -0.2) is 0 Å². The van der Waals surface area contributed by atoms with Gasteiger partial charge in [0.2, 0.25) is 5.91 Å². The molecule has 2 atom stereocenters. The minimum Gasteiger partial charge on any atom is -0.493 e. The molecule has 0 bridgehead atoms. The Balaban J connectivity index is 1.65. The minimum atomic E-state index is -0.597. The van der Waals surface area contributed by atoms with E-state index in [2.05, 4.69) is 18.3 Å². The summed E-state index contributed by atoms with van der Waals surface area (Å²) in [5.41, 5.74) is 5.26. The first-order chi connectivity index (χ1) is 16.5. The number of nitrogens with zero attached hydrogens (tertiary/aromatic N) is 1. The molecule has 0 aliphatic carbocycles. The third-order valence-corrected chi connectivity index (χ3v) is 6.94. The van der Waals surface area contributed by atoms with Gasteiger partial charge < -0.3 is 19.7 Å². The highest BCUT2D eigenvalue weighted by atomic mass is 16.5. The summed E-state index contributed by atoms with van der Waals surface area (Å²) in [6.07, 6.45) is 1.69. The average molecular weight is 457 g/mol. The van der Waals surface area contributed by atoms with Crippen molar-refractivity contribution in [2.24, 2.45) is 0 Å². The van der Waals surface area contributed by atoms with Crippen LogP contribution in [0.15, 0.2) is 60.7 Å². The fraction of sp³-hybridized carbons (Fsp3) is 0.286. The van der Waals surface area contributed by atoms with Gasteiger partial charge in [-0.1, -0.05) is 43.3 Å². The summed E-state index contributed by atoms with van der Waals surface area (Å²) in [6.45, 7) is 2.66. The number of amides is 2. The molecule has 0 radical (unpaired) electrons. The molecule has 2 amide bonds. The minimum absolute atomic E-state index is 0.0909. The van der Waals surface area contributed by atoms with E-state index in [9.17, 15) is 9.59 Å². The van der Waals surface area contributed by atoms with Crippen molar-refractivity contribution in [1.82, 2.24) is 4.90 Å². The second-order valence-electron chi connectivity index (χ2n) is 8.70.